The molecule has 0 aliphatic carbocycles. The maximum atomic E-state index is 12.9. The molecule has 0 unspecified atom stereocenters. The van der Waals surface area contributed by atoms with Crippen LogP contribution in [0.2, 0.25) is 0 Å². The molecule has 1 saturated heterocycles. The van der Waals surface area contributed by atoms with Crippen LogP contribution in [0.5, 0.6) is 0 Å². The molecule has 3 heterocycles. The number of carbonyl (C=O) groups excluding carboxylic acids is 1. The van der Waals surface area contributed by atoms with Crippen molar-refractivity contribution in [3.8, 4) is 0 Å². The molecule has 1 fully saturated rings. The number of amides is 1. The second kappa shape index (κ2) is 5.86. The third kappa shape index (κ3) is 2.99. The Balaban J connectivity index is 2.07. The summed E-state index contributed by atoms with van der Waals surface area (Å²) in [5.41, 5.74) is 1.93. The lowest BCUT2D eigenvalue weighted by atomic mass is 9.95. The second-order valence-corrected chi connectivity index (χ2v) is 8.47. The van der Waals surface area contributed by atoms with Gasteiger partial charge >= 0.3 is 0 Å². The van der Waals surface area contributed by atoms with Gasteiger partial charge in [-0.05, 0) is 38.7 Å². The van der Waals surface area contributed by atoms with E-state index in [1.54, 1.807) is 0 Å². The van der Waals surface area contributed by atoms with Crippen molar-refractivity contribution in [2.24, 2.45) is 0 Å². The van der Waals surface area contributed by atoms with Gasteiger partial charge in [0.25, 0.3) is 5.91 Å². The quantitative estimate of drug-likeness (QED) is 0.785. The molecule has 0 spiro atoms. The number of fused-ring (bicyclic) bond motifs is 1. The van der Waals surface area contributed by atoms with Crippen LogP contribution in [0.1, 0.15) is 66.8 Å². The van der Waals surface area contributed by atoms with Crippen LogP contribution in [0.25, 0.3) is 10.2 Å². The minimum Gasteiger partial charge on any atom is -0.338 e. The standard InChI is InChI=1S/C18H25N3OS/c1-11-13-12(2)19-17(18(3,4)5)20-15(13)23-14(11)16(22)21-9-7-6-8-10-21/h6-10H2,1-5H3. The number of carbonyl (C=O) groups is 1. The maximum absolute atomic E-state index is 12.9. The Bertz CT molecular complexity index is 752. The van der Waals surface area contributed by atoms with Gasteiger partial charge in [0.15, 0.2) is 0 Å². The predicted molar refractivity (Wildman–Crippen MR) is 95.3 cm³/mol. The van der Waals surface area contributed by atoms with E-state index in [-0.39, 0.29) is 11.3 Å². The number of piperidine rings is 1. The first-order valence-corrected chi connectivity index (χ1v) is 9.18. The van der Waals surface area contributed by atoms with E-state index in [9.17, 15) is 4.79 Å². The summed E-state index contributed by atoms with van der Waals surface area (Å²) < 4.78 is 0. The lowest BCUT2D eigenvalue weighted by Gasteiger charge is -2.26. The van der Waals surface area contributed by atoms with Crippen LogP contribution in [0.15, 0.2) is 0 Å². The minimum atomic E-state index is -0.0894. The van der Waals surface area contributed by atoms with Gasteiger partial charge in [0.05, 0.1) is 10.6 Å². The van der Waals surface area contributed by atoms with Gasteiger partial charge in [-0.3, -0.25) is 4.79 Å². The molecule has 23 heavy (non-hydrogen) atoms. The molecule has 0 atom stereocenters. The Morgan fingerprint density at radius 3 is 2.35 bits per heavy atom. The molecule has 2 aromatic rings. The summed E-state index contributed by atoms with van der Waals surface area (Å²) in [5.74, 6) is 1.02. The second-order valence-electron chi connectivity index (χ2n) is 7.47. The molecule has 3 rings (SSSR count). The van der Waals surface area contributed by atoms with Crippen molar-refractivity contribution in [3.05, 3.63) is 22.0 Å². The van der Waals surface area contributed by atoms with Crippen LogP contribution in [-0.2, 0) is 5.41 Å². The zero-order valence-corrected chi connectivity index (χ0v) is 15.5. The van der Waals surface area contributed by atoms with Gasteiger partial charge in [-0.15, -0.1) is 11.3 Å². The fraction of sp³-hybridized carbons (Fsp3) is 0.611. The lowest BCUT2D eigenvalue weighted by molar-refractivity contribution is 0.0728. The molecule has 1 aliphatic heterocycles. The first kappa shape index (κ1) is 16.4. The Labute approximate surface area is 141 Å². The smallest absolute Gasteiger partial charge is 0.264 e. The maximum Gasteiger partial charge on any atom is 0.264 e. The highest BCUT2D eigenvalue weighted by molar-refractivity contribution is 7.20. The number of hydrogen-bond acceptors (Lipinski definition) is 4. The lowest BCUT2D eigenvalue weighted by Crippen LogP contribution is -2.35. The molecule has 5 heteroatoms. The van der Waals surface area contributed by atoms with Crippen molar-refractivity contribution < 1.29 is 4.79 Å². The van der Waals surface area contributed by atoms with Gasteiger partial charge in [-0.2, -0.15) is 0 Å². The van der Waals surface area contributed by atoms with Crippen LogP contribution in [0.3, 0.4) is 0 Å². The van der Waals surface area contributed by atoms with E-state index in [1.807, 2.05) is 18.7 Å². The summed E-state index contributed by atoms with van der Waals surface area (Å²) in [7, 11) is 0. The molecular weight excluding hydrogens is 306 g/mol. The Morgan fingerprint density at radius 2 is 1.74 bits per heavy atom. The van der Waals surface area contributed by atoms with Crippen molar-refractivity contribution in [1.29, 1.82) is 0 Å². The zero-order chi connectivity index (χ0) is 16.8. The molecule has 0 aromatic carbocycles. The van der Waals surface area contributed by atoms with Crippen molar-refractivity contribution in [3.63, 3.8) is 0 Å². The number of aromatic nitrogens is 2. The monoisotopic (exact) mass is 331 g/mol. The SMILES string of the molecule is Cc1nc(C(C)(C)C)nc2sc(C(=O)N3CCCCC3)c(C)c12. The van der Waals surface area contributed by atoms with Gasteiger partial charge in [-0.25, -0.2) is 9.97 Å². The predicted octanol–water partition coefficient (Wildman–Crippen LogP) is 4.23. The number of aryl methyl sites for hydroxylation is 2. The molecule has 0 bridgehead atoms. The van der Waals surface area contributed by atoms with Gasteiger partial charge in [0.2, 0.25) is 0 Å². The highest BCUT2D eigenvalue weighted by Gasteiger charge is 2.26. The number of likely N-dealkylation sites (tertiary alicyclic amines) is 1. The van der Waals surface area contributed by atoms with E-state index >= 15 is 0 Å². The molecule has 0 N–H and O–H groups in total. The van der Waals surface area contributed by atoms with Crippen LogP contribution >= 0.6 is 11.3 Å². The Kier molecular flexibility index (Phi) is 4.17. The zero-order valence-electron chi connectivity index (χ0n) is 14.7. The summed E-state index contributed by atoms with van der Waals surface area (Å²) in [5, 5.41) is 1.06. The summed E-state index contributed by atoms with van der Waals surface area (Å²) in [4.78, 5) is 26.1. The molecule has 0 saturated carbocycles. The van der Waals surface area contributed by atoms with E-state index in [1.165, 1.54) is 17.8 Å². The third-order valence-electron chi connectivity index (χ3n) is 4.48. The summed E-state index contributed by atoms with van der Waals surface area (Å²) in [6.45, 7) is 12.2. The summed E-state index contributed by atoms with van der Waals surface area (Å²) >= 11 is 1.53. The topological polar surface area (TPSA) is 46.1 Å². The Morgan fingerprint density at radius 1 is 1.09 bits per heavy atom. The molecular formula is C18H25N3OS. The van der Waals surface area contributed by atoms with Gasteiger partial charge in [0, 0.05) is 23.9 Å². The normalized spacial score (nSPS) is 16.1. The number of rotatable bonds is 1. The van der Waals surface area contributed by atoms with Crippen LogP contribution in [0.4, 0.5) is 0 Å². The van der Waals surface area contributed by atoms with Crippen LogP contribution in [0, 0.1) is 13.8 Å². The molecule has 2 aromatic heterocycles. The molecule has 124 valence electrons. The van der Waals surface area contributed by atoms with Crippen molar-refractivity contribution >= 4 is 27.5 Å². The van der Waals surface area contributed by atoms with E-state index < -0.39 is 0 Å². The van der Waals surface area contributed by atoms with E-state index in [0.717, 1.165) is 58.1 Å². The molecule has 4 nitrogen and oxygen atoms in total. The number of thiophene rings is 1. The average Bonchev–Trinajstić information content (AvgIpc) is 2.84. The summed E-state index contributed by atoms with van der Waals surface area (Å²) in [6, 6.07) is 0. The number of nitrogens with zero attached hydrogens (tertiary/aromatic N) is 3. The first-order valence-electron chi connectivity index (χ1n) is 8.36. The first-order chi connectivity index (χ1) is 10.8. The minimum absolute atomic E-state index is 0.0894. The average molecular weight is 331 g/mol. The van der Waals surface area contributed by atoms with Crippen molar-refractivity contribution in [1.82, 2.24) is 14.9 Å². The van der Waals surface area contributed by atoms with E-state index in [4.69, 9.17) is 4.98 Å². The van der Waals surface area contributed by atoms with Gasteiger partial charge in [-0.1, -0.05) is 20.8 Å². The van der Waals surface area contributed by atoms with Crippen LogP contribution < -0.4 is 0 Å². The number of hydrogen-bond donors (Lipinski definition) is 0. The summed E-state index contributed by atoms with van der Waals surface area (Å²) in [6.07, 6.45) is 3.46. The van der Waals surface area contributed by atoms with E-state index in [2.05, 4.69) is 25.8 Å². The molecule has 1 aliphatic rings. The van der Waals surface area contributed by atoms with Gasteiger partial charge in [0.1, 0.15) is 10.7 Å². The fourth-order valence-corrected chi connectivity index (χ4v) is 4.32. The highest BCUT2D eigenvalue weighted by atomic mass is 32.1. The largest absolute Gasteiger partial charge is 0.338 e. The van der Waals surface area contributed by atoms with Crippen molar-refractivity contribution in [2.75, 3.05) is 13.1 Å². The Hall–Kier alpha value is -1.49. The molecule has 0 radical (unpaired) electrons. The highest BCUT2D eigenvalue weighted by Crippen LogP contribution is 2.34. The molecule has 1 amide bonds. The third-order valence-corrected chi connectivity index (χ3v) is 5.65. The van der Waals surface area contributed by atoms with Crippen LogP contribution in [-0.4, -0.2) is 33.9 Å². The van der Waals surface area contributed by atoms with Gasteiger partial charge < -0.3 is 4.90 Å². The fourth-order valence-electron chi connectivity index (χ4n) is 3.12. The van der Waals surface area contributed by atoms with E-state index in [0.29, 0.717) is 0 Å². The van der Waals surface area contributed by atoms with Crippen molar-refractivity contribution in [2.45, 2.75) is 59.3 Å².